The van der Waals surface area contributed by atoms with E-state index in [2.05, 4.69) is 11.8 Å². The highest BCUT2D eigenvalue weighted by atomic mass is 32.2. The maximum atomic E-state index is 11.8. The van der Waals surface area contributed by atoms with Gasteiger partial charge in [0.1, 0.15) is 5.75 Å². The topological polar surface area (TPSA) is 34.1 Å². The number of benzene rings is 1. The molecule has 0 fully saturated rings. The Labute approximate surface area is 105 Å². The van der Waals surface area contributed by atoms with Crippen molar-refractivity contribution in [3.8, 4) is 11.8 Å². The van der Waals surface area contributed by atoms with Crippen molar-refractivity contribution in [1.82, 2.24) is 0 Å². The van der Waals surface area contributed by atoms with Gasteiger partial charge in [0, 0.05) is 10.9 Å². The molecule has 2 aromatic rings. The third-order valence-corrected chi connectivity index (χ3v) is 4.45. The summed E-state index contributed by atoms with van der Waals surface area (Å²) in [5.41, 5.74) is 0.827. The first-order valence-electron chi connectivity index (χ1n) is 4.97. The van der Waals surface area contributed by atoms with Gasteiger partial charge in [-0.25, -0.2) is 8.42 Å². The van der Waals surface area contributed by atoms with Gasteiger partial charge in [-0.2, -0.15) is 11.3 Å². The second kappa shape index (κ2) is 5.17. The van der Waals surface area contributed by atoms with Crippen molar-refractivity contribution in [2.24, 2.45) is 0 Å². The highest BCUT2D eigenvalue weighted by Crippen LogP contribution is 2.14. The molecular formula is C13H10O2S2. The minimum Gasteiger partial charge on any atom is -0.223 e. The Balaban J connectivity index is 2.12. The Morgan fingerprint density at radius 3 is 2.53 bits per heavy atom. The molecule has 0 unspecified atom stereocenters. The van der Waals surface area contributed by atoms with Crippen molar-refractivity contribution in [3.63, 3.8) is 0 Å². The highest BCUT2D eigenvalue weighted by Gasteiger charge is 2.12. The molecule has 0 aliphatic heterocycles. The number of rotatable bonds is 2. The number of sulfone groups is 1. The van der Waals surface area contributed by atoms with Gasteiger partial charge in [-0.1, -0.05) is 30.0 Å². The van der Waals surface area contributed by atoms with E-state index in [0.717, 1.165) is 5.56 Å². The lowest BCUT2D eigenvalue weighted by Crippen LogP contribution is -2.03. The molecular weight excluding hydrogens is 252 g/mol. The molecule has 0 aliphatic carbocycles. The van der Waals surface area contributed by atoms with Crippen molar-refractivity contribution in [3.05, 3.63) is 52.7 Å². The number of hydrogen-bond acceptors (Lipinski definition) is 3. The molecule has 2 nitrogen and oxygen atoms in total. The van der Waals surface area contributed by atoms with Crippen LogP contribution in [-0.2, 0) is 9.84 Å². The summed E-state index contributed by atoms with van der Waals surface area (Å²) in [6.45, 7) is 0. The zero-order valence-corrected chi connectivity index (χ0v) is 10.6. The minimum absolute atomic E-state index is 0.140. The molecule has 0 aliphatic rings. The van der Waals surface area contributed by atoms with Gasteiger partial charge < -0.3 is 0 Å². The standard InChI is InChI=1S/C13H10O2S2/c14-17(15,13-8-9-16-11-13)10-4-7-12-5-2-1-3-6-12/h1-3,5-6,8-9,11H,10H2. The van der Waals surface area contributed by atoms with E-state index in [1.54, 1.807) is 16.8 Å². The van der Waals surface area contributed by atoms with Crippen LogP contribution in [0.1, 0.15) is 5.56 Å². The van der Waals surface area contributed by atoms with E-state index in [4.69, 9.17) is 0 Å². The zero-order valence-electron chi connectivity index (χ0n) is 8.96. The Bertz CT molecular complexity index is 630. The van der Waals surface area contributed by atoms with E-state index in [9.17, 15) is 8.42 Å². The van der Waals surface area contributed by atoms with Crippen LogP contribution in [0.4, 0.5) is 0 Å². The smallest absolute Gasteiger partial charge is 0.190 e. The van der Waals surface area contributed by atoms with Gasteiger partial charge in [0.25, 0.3) is 0 Å². The van der Waals surface area contributed by atoms with Crippen molar-refractivity contribution in [1.29, 1.82) is 0 Å². The SMILES string of the molecule is O=S(=O)(CC#Cc1ccccc1)c1ccsc1. The van der Waals surface area contributed by atoms with Crippen molar-refractivity contribution >= 4 is 21.2 Å². The number of hydrogen-bond donors (Lipinski definition) is 0. The first-order chi connectivity index (χ1) is 8.18. The summed E-state index contributed by atoms with van der Waals surface area (Å²) < 4.78 is 23.6. The number of thiophene rings is 1. The van der Waals surface area contributed by atoms with Crippen LogP contribution in [-0.4, -0.2) is 14.2 Å². The largest absolute Gasteiger partial charge is 0.223 e. The van der Waals surface area contributed by atoms with Crippen molar-refractivity contribution < 1.29 is 8.42 Å². The molecule has 0 saturated carbocycles. The summed E-state index contributed by atoms with van der Waals surface area (Å²) >= 11 is 1.37. The Hall–Kier alpha value is -1.57. The summed E-state index contributed by atoms with van der Waals surface area (Å²) in [5, 5.41) is 3.37. The van der Waals surface area contributed by atoms with E-state index >= 15 is 0 Å². The molecule has 4 heteroatoms. The fourth-order valence-electron chi connectivity index (χ4n) is 1.27. The average Bonchev–Trinajstić information content (AvgIpc) is 2.84. The monoisotopic (exact) mass is 262 g/mol. The molecule has 0 amide bonds. The lowest BCUT2D eigenvalue weighted by atomic mass is 10.2. The summed E-state index contributed by atoms with van der Waals surface area (Å²) in [6.07, 6.45) is 0. The van der Waals surface area contributed by atoms with Gasteiger partial charge in [-0.05, 0) is 23.6 Å². The van der Waals surface area contributed by atoms with Crippen LogP contribution < -0.4 is 0 Å². The summed E-state index contributed by atoms with van der Waals surface area (Å²) in [4.78, 5) is 0.352. The average molecular weight is 262 g/mol. The first kappa shape index (κ1) is 11.9. The third-order valence-electron chi connectivity index (χ3n) is 2.12. The van der Waals surface area contributed by atoms with Gasteiger partial charge in [0.05, 0.1) is 4.90 Å². The molecule has 0 radical (unpaired) electrons. The molecule has 0 spiro atoms. The molecule has 17 heavy (non-hydrogen) atoms. The van der Waals surface area contributed by atoms with E-state index in [0.29, 0.717) is 4.90 Å². The highest BCUT2D eigenvalue weighted by molar-refractivity contribution is 7.91. The fourth-order valence-corrected chi connectivity index (χ4v) is 3.33. The maximum absolute atomic E-state index is 11.8. The molecule has 1 heterocycles. The molecule has 0 bridgehead atoms. The normalized spacial score (nSPS) is 10.6. The summed E-state index contributed by atoms with van der Waals surface area (Å²) in [7, 11) is -3.25. The molecule has 0 saturated heterocycles. The molecule has 86 valence electrons. The van der Waals surface area contributed by atoms with Crippen LogP contribution in [0.2, 0.25) is 0 Å². The van der Waals surface area contributed by atoms with E-state index in [1.807, 2.05) is 30.3 Å². The minimum atomic E-state index is -3.25. The Morgan fingerprint density at radius 2 is 1.88 bits per heavy atom. The molecule has 1 aromatic heterocycles. The van der Waals surface area contributed by atoms with E-state index < -0.39 is 9.84 Å². The fraction of sp³-hybridized carbons (Fsp3) is 0.0769. The van der Waals surface area contributed by atoms with Crippen molar-refractivity contribution in [2.45, 2.75) is 4.90 Å². The summed E-state index contributed by atoms with van der Waals surface area (Å²) in [5.74, 6) is 5.39. The molecule has 1 aromatic carbocycles. The second-order valence-electron chi connectivity index (χ2n) is 3.39. The van der Waals surface area contributed by atoms with Crippen LogP contribution >= 0.6 is 11.3 Å². The van der Waals surface area contributed by atoms with Crippen LogP contribution in [0, 0.1) is 11.8 Å². The lowest BCUT2D eigenvalue weighted by Gasteiger charge is -1.94. The Morgan fingerprint density at radius 1 is 1.12 bits per heavy atom. The van der Waals surface area contributed by atoms with Gasteiger partial charge in [0.2, 0.25) is 0 Å². The van der Waals surface area contributed by atoms with Crippen LogP contribution in [0.15, 0.2) is 52.1 Å². The Kier molecular flexibility index (Phi) is 3.62. The zero-order chi connectivity index (χ0) is 12.1. The van der Waals surface area contributed by atoms with E-state index in [1.165, 1.54) is 11.3 Å². The van der Waals surface area contributed by atoms with Crippen LogP contribution in [0.3, 0.4) is 0 Å². The van der Waals surface area contributed by atoms with Crippen molar-refractivity contribution in [2.75, 3.05) is 5.75 Å². The second-order valence-corrected chi connectivity index (χ2v) is 6.16. The van der Waals surface area contributed by atoms with Crippen LogP contribution in [0.25, 0.3) is 0 Å². The third kappa shape index (κ3) is 3.19. The van der Waals surface area contributed by atoms with Gasteiger partial charge in [0.15, 0.2) is 9.84 Å². The lowest BCUT2D eigenvalue weighted by molar-refractivity contribution is 0.600. The predicted octanol–water partition coefficient (Wildman–Crippen LogP) is 2.57. The molecule has 2 rings (SSSR count). The van der Waals surface area contributed by atoms with E-state index in [-0.39, 0.29) is 5.75 Å². The predicted molar refractivity (Wildman–Crippen MR) is 69.7 cm³/mol. The van der Waals surface area contributed by atoms with Crippen LogP contribution in [0.5, 0.6) is 0 Å². The van der Waals surface area contributed by atoms with Gasteiger partial charge >= 0.3 is 0 Å². The quantitative estimate of drug-likeness (QED) is 0.780. The molecule has 0 N–H and O–H groups in total. The van der Waals surface area contributed by atoms with Gasteiger partial charge in [-0.3, -0.25) is 0 Å². The van der Waals surface area contributed by atoms with Gasteiger partial charge in [-0.15, -0.1) is 0 Å². The molecule has 0 atom stereocenters. The maximum Gasteiger partial charge on any atom is 0.190 e. The first-order valence-corrected chi connectivity index (χ1v) is 7.57. The summed E-state index contributed by atoms with van der Waals surface area (Å²) in [6, 6.07) is 10.9.